The van der Waals surface area contributed by atoms with Crippen molar-refractivity contribution in [3.63, 3.8) is 0 Å². The van der Waals surface area contributed by atoms with Crippen LogP contribution in [0.3, 0.4) is 0 Å². The molecule has 2 aromatic rings. The number of fused-ring (bicyclic) bond motifs is 1. The fourth-order valence-corrected chi connectivity index (χ4v) is 2.68. The van der Waals surface area contributed by atoms with E-state index in [0.29, 0.717) is 11.5 Å². The van der Waals surface area contributed by atoms with Gasteiger partial charge in [-0.15, -0.1) is 0 Å². The Morgan fingerprint density at radius 1 is 1.20 bits per heavy atom. The highest BCUT2D eigenvalue weighted by Crippen LogP contribution is 2.24. The van der Waals surface area contributed by atoms with Gasteiger partial charge in [0, 0.05) is 17.6 Å². The molecule has 0 aliphatic rings. The maximum absolute atomic E-state index is 4.37. The van der Waals surface area contributed by atoms with E-state index in [4.69, 9.17) is 0 Å². The van der Waals surface area contributed by atoms with Crippen LogP contribution >= 0.6 is 0 Å². The second-order valence-corrected chi connectivity index (χ2v) is 6.55. The Bertz CT molecular complexity index is 555. The van der Waals surface area contributed by atoms with Crippen molar-refractivity contribution in [1.29, 1.82) is 0 Å². The van der Waals surface area contributed by atoms with Crippen molar-refractivity contribution in [2.24, 2.45) is 5.41 Å². The summed E-state index contributed by atoms with van der Waals surface area (Å²) in [5.74, 6) is 0. The van der Waals surface area contributed by atoms with E-state index in [2.05, 4.69) is 62.3 Å². The molecule has 0 spiro atoms. The van der Waals surface area contributed by atoms with Crippen molar-refractivity contribution >= 4 is 10.9 Å². The number of aromatic nitrogens is 1. The zero-order valence-corrected chi connectivity index (χ0v) is 13.1. The van der Waals surface area contributed by atoms with Crippen LogP contribution in [0.15, 0.2) is 36.5 Å². The molecular formula is C18H26N2. The molecule has 2 heteroatoms. The van der Waals surface area contributed by atoms with Gasteiger partial charge in [0.1, 0.15) is 0 Å². The van der Waals surface area contributed by atoms with Gasteiger partial charge in [-0.2, -0.15) is 0 Å². The largest absolute Gasteiger partial charge is 0.314 e. The van der Waals surface area contributed by atoms with E-state index in [1.54, 1.807) is 0 Å². The van der Waals surface area contributed by atoms with E-state index in [9.17, 15) is 0 Å². The Morgan fingerprint density at radius 3 is 2.70 bits per heavy atom. The molecule has 108 valence electrons. The molecule has 1 atom stereocenters. The standard InChI is InChI=1S/C18H26N2/c1-5-19-17(18(2,3)4)11-9-14-8-10-16-15(13-14)7-6-12-20-16/h6-8,10,12-13,17,19H,5,9,11H2,1-4H3. The molecule has 1 N–H and O–H groups in total. The van der Waals surface area contributed by atoms with Gasteiger partial charge in [-0.1, -0.05) is 39.8 Å². The van der Waals surface area contributed by atoms with E-state index >= 15 is 0 Å². The van der Waals surface area contributed by atoms with Gasteiger partial charge < -0.3 is 5.32 Å². The summed E-state index contributed by atoms with van der Waals surface area (Å²) >= 11 is 0. The van der Waals surface area contributed by atoms with Gasteiger partial charge in [0.2, 0.25) is 0 Å². The van der Waals surface area contributed by atoms with Crippen LogP contribution in [-0.2, 0) is 6.42 Å². The Labute approximate surface area is 122 Å². The minimum absolute atomic E-state index is 0.300. The SMILES string of the molecule is CCNC(CCc1ccc2ncccc2c1)C(C)(C)C. The molecule has 0 aliphatic carbocycles. The summed E-state index contributed by atoms with van der Waals surface area (Å²) < 4.78 is 0. The van der Waals surface area contributed by atoms with Crippen molar-refractivity contribution in [2.45, 2.75) is 46.6 Å². The summed E-state index contributed by atoms with van der Waals surface area (Å²) in [5, 5.41) is 4.85. The fraction of sp³-hybridized carbons (Fsp3) is 0.500. The van der Waals surface area contributed by atoms with E-state index in [0.717, 1.165) is 18.5 Å². The van der Waals surface area contributed by atoms with Crippen molar-refractivity contribution in [2.75, 3.05) is 6.54 Å². The first kappa shape index (κ1) is 15.0. The Kier molecular flexibility index (Phi) is 4.77. The average molecular weight is 270 g/mol. The molecule has 1 aromatic heterocycles. The summed E-state index contributed by atoms with van der Waals surface area (Å²) in [6.07, 6.45) is 4.13. The minimum atomic E-state index is 0.300. The normalized spacial score (nSPS) is 13.6. The lowest BCUT2D eigenvalue weighted by Crippen LogP contribution is -2.40. The smallest absolute Gasteiger partial charge is 0.0702 e. The topological polar surface area (TPSA) is 24.9 Å². The van der Waals surface area contributed by atoms with E-state index in [-0.39, 0.29) is 0 Å². The molecule has 2 rings (SSSR count). The van der Waals surface area contributed by atoms with Gasteiger partial charge in [-0.25, -0.2) is 0 Å². The van der Waals surface area contributed by atoms with Gasteiger partial charge >= 0.3 is 0 Å². The molecule has 1 heterocycles. The lowest BCUT2D eigenvalue weighted by molar-refractivity contribution is 0.258. The number of nitrogens with zero attached hydrogens (tertiary/aromatic N) is 1. The molecule has 0 aliphatic heterocycles. The Balaban J connectivity index is 2.07. The second kappa shape index (κ2) is 6.36. The first-order chi connectivity index (χ1) is 9.50. The van der Waals surface area contributed by atoms with Crippen molar-refractivity contribution in [1.82, 2.24) is 10.3 Å². The third-order valence-electron chi connectivity index (χ3n) is 3.89. The van der Waals surface area contributed by atoms with E-state index in [1.165, 1.54) is 17.4 Å². The fourth-order valence-electron chi connectivity index (χ4n) is 2.68. The Morgan fingerprint density at radius 2 is 2.00 bits per heavy atom. The highest BCUT2D eigenvalue weighted by molar-refractivity contribution is 5.78. The van der Waals surface area contributed by atoms with Crippen LogP contribution in [-0.4, -0.2) is 17.6 Å². The number of aryl methyl sites for hydroxylation is 1. The monoisotopic (exact) mass is 270 g/mol. The molecule has 0 saturated heterocycles. The first-order valence-electron chi connectivity index (χ1n) is 7.57. The third-order valence-corrected chi connectivity index (χ3v) is 3.89. The molecule has 0 bridgehead atoms. The zero-order chi connectivity index (χ0) is 14.6. The van der Waals surface area contributed by atoms with Gasteiger partial charge in [-0.05, 0) is 48.6 Å². The Hall–Kier alpha value is -1.41. The number of nitrogens with one attached hydrogen (secondary N) is 1. The summed E-state index contributed by atoms with van der Waals surface area (Å²) in [6, 6.07) is 11.3. The van der Waals surface area contributed by atoms with Crippen LogP contribution < -0.4 is 5.32 Å². The molecule has 0 saturated carbocycles. The summed E-state index contributed by atoms with van der Waals surface area (Å²) in [5.41, 5.74) is 2.78. The van der Waals surface area contributed by atoms with E-state index < -0.39 is 0 Å². The molecule has 0 radical (unpaired) electrons. The summed E-state index contributed by atoms with van der Waals surface area (Å²) in [6.45, 7) is 10.1. The lowest BCUT2D eigenvalue weighted by Gasteiger charge is -2.31. The molecule has 1 unspecified atom stereocenters. The number of rotatable bonds is 5. The molecule has 1 aromatic carbocycles. The summed E-state index contributed by atoms with van der Waals surface area (Å²) in [7, 11) is 0. The number of benzene rings is 1. The highest BCUT2D eigenvalue weighted by atomic mass is 14.9. The first-order valence-corrected chi connectivity index (χ1v) is 7.57. The van der Waals surface area contributed by atoms with Crippen molar-refractivity contribution in [3.8, 4) is 0 Å². The van der Waals surface area contributed by atoms with Crippen LogP contribution in [0.4, 0.5) is 0 Å². The zero-order valence-electron chi connectivity index (χ0n) is 13.1. The maximum Gasteiger partial charge on any atom is 0.0702 e. The van der Waals surface area contributed by atoms with Gasteiger partial charge in [0.25, 0.3) is 0 Å². The van der Waals surface area contributed by atoms with Gasteiger partial charge in [0.15, 0.2) is 0 Å². The van der Waals surface area contributed by atoms with Crippen LogP contribution in [0.25, 0.3) is 10.9 Å². The van der Waals surface area contributed by atoms with Crippen LogP contribution in [0, 0.1) is 5.41 Å². The molecule has 20 heavy (non-hydrogen) atoms. The minimum Gasteiger partial charge on any atom is -0.314 e. The maximum atomic E-state index is 4.37. The predicted molar refractivity (Wildman–Crippen MR) is 87.0 cm³/mol. The van der Waals surface area contributed by atoms with Crippen molar-refractivity contribution in [3.05, 3.63) is 42.1 Å². The molecule has 0 amide bonds. The van der Waals surface area contributed by atoms with Crippen molar-refractivity contribution < 1.29 is 0 Å². The molecule has 0 fully saturated rings. The quantitative estimate of drug-likeness (QED) is 0.881. The van der Waals surface area contributed by atoms with E-state index in [1.807, 2.05) is 12.3 Å². The van der Waals surface area contributed by atoms with Crippen LogP contribution in [0.1, 0.15) is 39.7 Å². The summed E-state index contributed by atoms with van der Waals surface area (Å²) in [4.78, 5) is 4.37. The van der Waals surface area contributed by atoms with Gasteiger partial charge in [-0.3, -0.25) is 4.98 Å². The second-order valence-electron chi connectivity index (χ2n) is 6.55. The highest BCUT2D eigenvalue weighted by Gasteiger charge is 2.23. The van der Waals surface area contributed by atoms with Crippen LogP contribution in [0.2, 0.25) is 0 Å². The molecular weight excluding hydrogens is 244 g/mol. The number of pyridine rings is 1. The predicted octanol–water partition coefficient (Wildman–Crippen LogP) is 4.19. The van der Waals surface area contributed by atoms with Gasteiger partial charge in [0.05, 0.1) is 5.52 Å². The average Bonchev–Trinajstić information content (AvgIpc) is 2.42. The number of hydrogen-bond donors (Lipinski definition) is 1. The third kappa shape index (κ3) is 3.80. The molecule has 2 nitrogen and oxygen atoms in total. The lowest BCUT2D eigenvalue weighted by atomic mass is 9.83. The number of hydrogen-bond acceptors (Lipinski definition) is 2. The van der Waals surface area contributed by atoms with Crippen LogP contribution in [0.5, 0.6) is 0 Å².